The van der Waals surface area contributed by atoms with E-state index in [0.717, 1.165) is 30.5 Å². The fourth-order valence-corrected chi connectivity index (χ4v) is 1.87. The monoisotopic (exact) mass is 261 g/mol. The van der Waals surface area contributed by atoms with E-state index in [4.69, 9.17) is 0 Å². The Bertz CT molecular complexity index is 409. The molecule has 3 N–H and O–H groups in total. The molecule has 0 saturated carbocycles. The lowest BCUT2D eigenvalue weighted by Gasteiger charge is -2.21. The summed E-state index contributed by atoms with van der Waals surface area (Å²) >= 11 is 0. The van der Waals surface area contributed by atoms with Crippen LogP contribution in [0.5, 0.6) is 0 Å². The van der Waals surface area contributed by atoms with Gasteiger partial charge in [0.15, 0.2) is 0 Å². The van der Waals surface area contributed by atoms with Crippen molar-refractivity contribution in [2.75, 3.05) is 32.4 Å². The summed E-state index contributed by atoms with van der Waals surface area (Å²) in [6.07, 6.45) is 1.70. The largest absolute Gasteiger partial charge is 0.352 e. The topological polar surface area (TPSA) is 87.3 Å². The van der Waals surface area contributed by atoms with Gasteiger partial charge in [0.2, 0.25) is 15.9 Å². The molecule has 0 aliphatic carbocycles. The van der Waals surface area contributed by atoms with E-state index < -0.39 is 10.0 Å². The molecule has 1 amide bonds. The van der Waals surface area contributed by atoms with Gasteiger partial charge in [-0.05, 0) is 18.9 Å². The Kier molecular flexibility index (Phi) is 5.10. The Morgan fingerprint density at radius 2 is 2.00 bits per heavy atom. The molecular formula is C10H19N3O3S. The molecule has 17 heavy (non-hydrogen) atoms. The lowest BCUT2D eigenvalue weighted by molar-refractivity contribution is -0.117. The molecule has 0 aromatic carbocycles. The molecule has 0 aromatic rings. The minimum atomic E-state index is -3.13. The zero-order valence-electron chi connectivity index (χ0n) is 10.2. The van der Waals surface area contributed by atoms with Crippen LogP contribution in [0.4, 0.5) is 0 Å². The summed E-state index contributed by atoms with van der Waals surface area (Å²) in [5.74, 6) is -0.0687. The van der Waals surface area contributed by atoms with Crippen molar-refractivity contribution >= 4 is 15.9 Å². The number of nitrogens with one attached hydrogen (secondary N) is 3. The number of carbonyl (C=O) groups excluding carboxylic acids is 1. The van der Waals surface area contributed by atoms with Crippen LogP contribution in [0.3, 0.4) is 0 Å². The predicted molar refractivity (Wildman–Crippen MR) is 66.0 cm³/mol. The standard InChI is InChI=1S/C10H19N3O3S/c1-8(9-6-11-7-9)10(14)12-4-3-5-13-17(2,15)16/h11,13H,3-7H2,1-2H3,(H,12,14). The third-order valence-corrected chi connectivity index (χ3v) is 3.28. The lowest BCUT2D eigenvalue weighted by atomic mass is 10.0. The average Bonchev–Trinajstić information content (AvgIpc) is 2.12. The van der Waals surface area contributed by atoms with Crippen LogP contribution in [0, 0.1) is 0 Å². The van der Waals surface area contributed by atoms with E-state index in [1.165, 1.54) is 0 Å². The molecule has 1 aliphatic heterocycles. The number of sulfonamides is 1. The van der Waals surface area contributed by atoms with Crippen molar-refractivity contribution in [1.82, 2.24) is 15.4 Å². The predicted octanol–water partition coefficient (Wildman–Crippen LogP) is -1.04. The number of hydrogen-bond donors (Lipinski definition) is 3. The first-order valence-electron chi connectivity index (χ1n) is 5.52. The van der Waals surface area contributed by atoms with E-state index in [1.807, 2.05) is 0 Å². The first kappa shape index (κ1) is 14.1. The molecule has 1 rings (SSSR count). The average molecular weight is 261 g/mol. The van der Waals surface area contributed by atoms with Gasteiger partial charge in [-0.2, -0.15) is 0 Å². The summed E-state index contributed by atoms with van der Waals surface area (Å²) in [5, 5.41) is 5.83. The van der Waals surface area contributed by atoms with Gasteiger partial charge in [-0.3, -0.25) is 4.79 Å². The first-order chi connectivity index (χ1) is 7.90. The summed E-state index contributed by atoms with van der Waals surface area (Å²) in [5.41, 5.74) is 1.90. The minimum absolute atomic E-state index is 0.0687. The Morgan fingerprint density at radius 3 is 2.47 bits per heavy atom. The van der Waals surface area contributed by atoms with Gasteiger partial charge in [0, 0.05) is 31.8 Å². The van der Waals surface area contributed by atoms with Crippen LogP contribution < -0.4 is 15.4 Å². The normalized spacial score (nSPS) is 15.3. The van der Waals surface area contributed by atoms with Gasteiger partial charge in [-0.25, -0.2) is 13.1 Å². The van der Waals surface area contributed by atoms with Crippen molar-refractivity contribution in [2.24, 2.45) is 0 Å². The lowest BCUT2D eigenvalue weighted by Crippen LogP contribution is -2.38. The smallest absolute Gasteiger partial charge is 0.246 e. The highest BCUT2D eigenvalue weighted by Crippen LogP contribution is 2.08. The summed E-state index contributed by atoms with van der Waals surface area (Å²) in [4.78, 5) is 11.6. The number of carbonyl (C=O) groups is 1. The van der Waals surface area contributed by atoms with Gasteiger partial charge in [-0.15, -0.1) is 0 Å². The zero-order chi connectivity index (χ0) is 12.9. The molecular weight excluding hydrogens is 242 g/mol. The van der Waals surface area contributed by atoms with Crippen LogP contribution >= 0.6 is 0 Å². The molecule has 6 nitrogen and oxygen atoms in total. The van der Waals surface area contributed by atoms with E-state index in [-0.39, 0.29) is 5.91 Å². The summed E-state index contributed by atoms with van der Waals surface area (Å²) in [7, 11) is -3.13. The molecule has 0 atom stereocenters. The van der Waals surface area contributed by atoms with E-state index in [2.05, 4.69) is 15.4 Å². The maximum atomic E-state index is 11.6. The summed E-state index contributed by atoms with van der Waals surface area (Å²) in [6, 6.07) is 0. The molecule has 0 radical (unpaired) electrons. The third kappa shape index (κ3) is 5.29. The maximum Gasteiger partial charge on any atom is 0.246 e. The molecule has 0 aromatic heterocycles. The second kappa shape index (κ2) is 6.13. The van der Waals surface area contributed by atoms with E-state index in [9.17, 15) is 13.2 Å². The molecule has 7 heteroatoms. The van der Waals surface area contributed by atoms with Gasteiger partial charge >= 0.3 is 0 Å². The Hall–Kier alpha value is -0.920. The van der Waals surface area contributed by atoms with Crippen molar-refractivity contribution in [3.63, 3.8) is 0 Å². The van der Waals surface area contributed by atoms with Crippen LogP contribution in [0.25, 0.3) is 0 Å². The van der Waals surface area contributed by atoms with Crippen molar-refractivity contribution < 1.29 is 13.2 Å². The molecule has 1 heterocycles. The van der Waals surface area contributed by atoms with Gasteiger partial charge < -0.3 is 10.6 Å². The quantitative estimate of drug-likeness (QED) is 0.421. The molecule has 1 aliphatic rings. The maximum absolute atomic E-state index is 11.6. The van der Waals surface area contributed by atoms with Crippen molar-refractivity contribution in [1.29, 1.82) is 0 Å². The molecule has 0 unspecified atom stereocenters. The van der Waals surface area contributed by atoms with Crippen LogP contribution in [0.1, 0.15) is 13.3 Å². The van der Waals surface area contributed by atoms with Crippen molar-refractivity contribution in [3.05, 3.63) is 11.1 Å². The zero-order valence-corrected chi connectivity index (χ0v) is 11.0. The second-order valence-corrected chi connectivity index (χ2v) is 5.94. The van der Waals surface area contributed by atoms with Crippen LogP contribution in [0.15, 0.2) is 11.1 Å². The van der Waals surface area contributed by atoms with E-state index >= 15 is 0 Å². The summed E-state index contributed by atoms with van der Waals surface area (Å²) < 4.78 is 23.9. The second-order valence-electron chi connectivity index (χ2n) is 4.11. The van der Waals surface area contributed by atoms with E-state index in [1.54, 1.807) is 6.92 Å². The SMILES string of the molecule is CC(C(=O)NCCCNS(C)(=O)=O)=C1CNC1. The van der Waals surface area contributed by atoms with Crippen LogP contribution in [0.2, 0.25) is 0 Å². The Labute approximate surface area is 102 Å². The third-order valence-electron chi connectivity index (χ3n) is 2.55. The highest BCUT2D eigenvalue weighted by atomic mass is 32.2. The van der Waals surface area contributed by atoms with E-state index in [0.29, 0.717) is 19.5 Å². The van der Waals surface area contributed by atoms with Gasteiger partial charge in [-0.1, -0.05) is 0 Å². The van der Waals surface area contributed by atoms with Gasteiger partial charge in [0.25, 0.3) is 0 Å². The molecule has 98 valence electrons. The Morgan fingerprint density at radius 1 is 1.35 bits per heavy atom. The summed E-state index contributed by atoms with van der Waals surface area (Å²) in [6.45, 7) is 4.19. The minimum Gasteiger partial charge on any atom is -0.352 e. The number of rotatable bonds is 6. The Balaban J connectivity index is 2.17. The van der Waals surface area contributed by atoms with Crippen LogP contribution in [-0.2, 0) is 14.8 Å². The van der Waals surface area contributed by atoms with Crippen molar-refractivity contribution in [3.8, 4) is 0 Å². The van der Waals surface area contributed by atoms with Crippen LogP contribution in [-0.4, -0.2) is 46.8 Å². The highest BCUT2D eigenvalue weighted by molar-refractivity contribution is 7.88. The first-order valence-corrected chi connectivity index (χ1v) is 7.41. The fourth-order valence-electron chi connectivity index (χ4n) is 1.36. The van der Waals surface area contributed by atoms with Gasteiger partial charge in [0.1, 0.15) is 0 Å². The molecule has 0 spiro atoms. The number of amides is 1. The molecule has 1 saturated heterocycles. The fraction of sp³-hybridized carbons (Fsp3) is 0.700. The molecule has 1 fully saturated rings. The number of hydrogen-bond acceptors (Lipinski definition) is 4. The molecule has 0 bridgehead atoms. The highest BCUT2D eigenvalue weighted by Gasteiger charge is 2.15. The van der Waals surface area contributed by atoms with Crippen molar-refractivity contribution in [2.45, 2.75) is 13.3 Å². The van der Waals surface area contributed by atoms with Gasteiger partial charge in [0.05, 0.1) is 6.26 Å².